The van der Waals surface area contributed by atoms with Gasteiger partial charge in [0.1, 0.15) is 11.5 Å². The second-order valence-electron chi connectivity index (χ2n) is 3.90. The number of carbonyl (C=O) groups is 1. The van der Waals surface area contributed by atoms with Crippen LogP contribution in [0.3, 0.4) is 0 Å². The highest BCUT2D eigenvalue weighted by Gasteiger charge is 2.14. The Kier molecular flexibility index (Phi) is 3.48. The first-order valence-electron chi connectivity index (χ1n) is 5.57. The van der Waals surface area contributed by atoms with Crippen LogP contribution in [-0.4, -0.2) is 18.0 Å². The molecule has 0 saturated heterocycles. The molecule has 4 nitrogen and oxygen atoms in total. The van der Waals surface area contributed by atoms with Gasteiger partial charge in [0, 0.05) is 11.6 Å². The highest BCUT2D eigenvalue weighted by molar-refractivity contribution is 6.10. The molecule has 1 N–H and O–H groups in total. The van der Waals surface area contributed by atoms with Gasteiger partial charge in [-0.2, -0.15) is 5.26 Å². The van der Waals surface area contributed by atoms with E-state index < -0.39 is 0 Å². The molecule has 0 bridgehead atoms. The van der Waals surface area contributed by atoms with Crippen LogP contribution in [0.4, 0.5) is 0 Å². The average molecular weight is 253 g/mol. The van der Waals surface area contributed by atoms with Crippen LogP contribution in [0.2, 0.25) is 0 Å². The van der Waals surface area contributed by atoms with Gasteiger partial charge in [-0.15, -0.1) is 0 Å². The number of methoxy groups -OCH3 is 1. The fourth-order valence-corrected chi connectivity index (χ4v) is 1.68. The summed E-state index contributed by atoms with van der Waals surface area (Å²) in [6.07, 6.45) is 0. The maximum atomic E-state index is 12.2. The minimum Gasteiger partial charge on any atom is -0.507 e. The van der Waals surface area contributed by atoms with Crippen molar-refractivity contribution < 1.29 is 14.6 Å². The van der Waals surface area contributed by atoms with Crippen LogP contribution in [0.1, 0.15) is 21.5 Å². The smallest absolute Gasteiger partial charge is 0.196 e. The molecule has 2 aromatic rings. The number of nitrogens with zero attached hydrogens (tertiary/aromatic N) is 1. The molecule has 0 aliphatic heterocycles. The Morgan fingerprint density at radius 3 is 2.42 bits per heavy atom. The van der Waals surface area contributed by atoms with Gasteiger partial charge in [0.25, 0.3) is 0 Å². The van der Waals surface area contributed by atoms with Crippen molar-refractivity contribution in [1.82, 2.24) is 0 Å². The monoisotopic (exact) mass is 253 g/mol. The molecular weight excluding hydrogens is 242 g/mol. The Balaban J connectivity index is 2.36. The van der Waals surface area contributed by atoms with Crippen LogP contribution in [-0.2, 0) is 0 Å². The summed E-state index contributed by atoms with van der Waals surface area (Å²) in [6.45, 7) is 0. The maximum absolute atomic E-state index is 12.2. The lowest BCUT2D eigenvalue weighted by Gasteiger charge is -2.06. The molecule has 0 aromatic heterocycles. The van der Waals surface area contributed by atoms with Gasteiger partial charge in [0.05, 0.1) is 24.3 Å². The third-order valence-electron chi connectivity index (χ3n) is 2.73. The van der Waals surface area contributed by atoms with E-state index in [-0.39, 0.29) is 17.1 Å². The molecule has 0 atom stereocenters. The zero-order valence-electron chi connectivity index (χ0n) is 10.3. The predicted octanol–water partition coefficient (Wildman–Crippen LogP) is 2.50. The number of rotatable bonds is 3. The Labute approximate surface area is 110 Å². The molecule has 0 saturated carbocycles. The van der Waals surface area contributed by atoms with E-state index in [1.165, 1.54) is 19.2 Å². The summed E-state index contributed by atoms with van der Waals surface area (Å²) in [7, 11) is 1.48. The van der Waals surface area contributed by atoms with Gasteiger partial charge in [-0.1, -0.05) is 0 Å². The molecule has 19 heavy (non-hydrogen) atoms. The zero-order chi connectivity index (χ0) is 13.8. The van der Waals surface area contributed by atoms with Crippen molar-refractivity contribution in [2.45, 2.75) is 0 Å². The van der Waals surface area contributed by atoms with Gasteiger partial charge >= 0.3 is 0 Å². The van der Waals surface area contributed by atoms with E-state index in [1.54, 1.807) is 30.3 Å². The van der Waals surface area contributed by atoms with E-state index in [2.05, 4.69) is 0 Å². The lowest BCUT2D eigenvalue weighted by Crippen LogP contribution is -2.01. The van der Waals surface area contributed by atoms with Crippen molar-refractivity contribution in [2.75, 3.05) is 7.11 Å². The van der Waals surface area contributed by atoms with Gasteiger partial charge in [0.15, 0.2) is 5.78 Å². The summed E-state index contributed by atoms with van der Waals surface area (Å²) in [5, 5.41) is 18.5. The quantitative estimate of drug-likeness (QED) is 0.853. The van der Waals surface area contributed by atoms with Crippen LogP contribution in [0, 0.1) is 11.3 Å². The number of hydrogen-bond donors (Lipinski definition) is 1. The normalized spacial score (nSPS) is 9.68. The van der Waals surface area contributed by atoms with E-state index in [9.17, 15) is 9.90 Å². The van der Waals surface area contributed by atoms with Gasteiger partial charge in [-0.05, 0) is 36.4 Å². The molecule has 0 radical (unpaired) electrons. The number of ether oxygens (including phenoxy) is 1. The fraction of sp³-hybridized carbons (Fsp3) is 0.0667. The Bertz CT molecular complexity index is 654. The summed E-state index contributed by atoms with van der Waals surface area (Å²) >= 11 is 0. The number of phenols is 1. The molecule has 2 rings (SSSR count). The number of phenolic OH excluding ortho intramolecular Hbond substituents is 1. The third kappa shape index (κ3) is 2.55. The van der Waals surface area contributed by atoms with Crippen LogP contribution in [0.25, 0.3) is 0 Å². The average Bonchev–Trinajstić information content (AvgIpc) is 2.46. The van der Waals surface area contributed by atoms with E-state index in [0.717, 1.165) is 0 Å². The lowest BCUT2D eigenvalue weighted by molar-refractivity contribution is 0.103. The van der Waals surface area contributed by atoms with Gasteiger partial charge < -0.3 is 9.84 Å². The summed E-state index contributed by atoms with van der Waals surface area (Å²) < 4.78 is 4.96. The number of hydrogen-bond acceptors (Lipinski definition) is 4. The minimum absolute atomic E-state index is 0.131. The van der Waals surface area contributed by atoms with Crippen molar-refractivity contribution in [2.24, 2.45) is 0 Å². The number of carbonyl (C=O) groups excluding carboxylic acids is 1. The molecule has 2 aromatic carbocycles. The van der Waals surface area contributed by atoms with E-state index in [4.69, 9.17) is 10.00 Å². The van der Waals surface area contributed by atoms with Crippen LogP contribution >= 0.6 is 0 Å². The lowest BCUT2D eigenvalue weighted by atomic mass is 10.0. The summed E-state index contributed by atoms with van der Waals surface area (Å²) in [6, 6.07) is 12.7. The Morgan fingerprint density at radius 2 is 1.89 bits per heavy atom. The molecule has 0 spiro atoms. The largest absolute Gasteiger partial charge is 0.507 e. The van der Waals surface area contributed by atoms with Gasteiger partial charge in [-0.3, -0.25) is 4.79 Å². The minimum atomic E-state index is -0.301. The van der Waals surface area contributed by atoms with E-state index >= 15 is 0 Å². The highest BCUT2D eigenvalue weighted by atomic mass is 16.5. The van der Waals surface area contributed by atoms with Crippen molar-refractivity contribution in [3.05, 3.63) is 59.2 Å². The SMILES string of the molecule is COc1ccc(C(=O)c2ccc(C#N)cc2)c(O)c1. The highest BCUT2D eigenvalue weighted by Crippen LogP contribution is 2.25. The first-order valence-corrected chi connectivity index (χ1v) is 5.57. The number of ketones is 1. The van der Waals surface area contributed by atoms with E-state index in [1.807, 2.05) is 6.07 Å². The molecule has 94 valence electrons. The van der Waals surface area contributed by atoms with Crippen LogP contribution in [0.5, 0.6) is 11.5 Å². The topological polar surface area (TPSA) is 70.3 Å². The molecular formula is C15H11NO3. The molecule has 0 aliphatic carbocycles. The van der Waals surface area contributed by atoms with E-state index in [0.29, 0.717) is 16.9 Å². The van der Waals surface area contributed by atoms with Gasteiger partial charge in [-0.25, -0.2) is 0 Å². The van der Waals surface area contributed by atoms with Crippen molar-refractivity contribution in [3.8, 4) is 17.6 Å². The number of benzene rings is 2. The first-order chi connectivity index (χ1) is 9.15. The molecule has 0 heterocycles. The second-order valence-corrected chi connectivity index (χ2v) is 3.90. The third-order valence-corrected chi connectivity index (χ3v) is 2.73. The Hall–Kier alpha value is -2.80. The fourth-order valence-electron chi connectivity index (χ4n) is 1.68. The van der Waals surface area contributed by atoms with Crippen molar-refractivity contribution >= 4 is 5.78 Å². The summed E-state index contributed by atoms with van der Waals surface area (Å²) in [5.41, 5.74) is 1.10. The molecule has 4 heteroatoms. The van der Waals surface area contributed by atoms with Gasteiger partial charge in [0.2, 0.25) is 0 Å². The first kappa shape index (κ1) is 12.7. The molecule has 0 fully saturated rings. The summed E-state index contributed by atoms with van der Waals surface area (Å²) in [4.78, 5) is 12.2. The Morgan fingerprint density at radius 1 is 1.21 bits per heavy atom. The maximum Gasteiger partial charge on any atom is 0.196 e. The molecule has 0 amide bonds. The number of aromatic hydroxyl groups is 1. The van der Waals surface area contributed by atoms with Crippen LogP contribution in [0.15, 0.2) is 42.5 Å². The molecule has 0 aliphatic rings. The zero-order valence-corrected chi connectivity index (χ0v) is 10.3. The standard InChI is InChI=1S/C15H11NO3/c1-19-12-6-7-13(14(17)8-12)15(18)11-4-2-10(9-16)3-5-11/h2-8,17H,1H3. The predicted molar refractivity (Wildman–Crippen MR) is 69.2 cm³/mol. The van der Waals surface area contributed by atoms with Crippen molar-refractivity contribution in [3.63, 3.8) is 0 Å². The van der Waals surface area contributed by atoms with Crippen molar-refractivity contribution in [1.29, 1.82) is 5.26 Å². The second kappa shape index (κ2) is 5.23. The summed E-state index contributed by atoms with van der Waals surface area (Å²) in [5.74, 6) is 0.0484. The molecule has 0 unspecified atom stereocenters. The number of nitriles is 1. The van der Waals surface area contributed by atoms with Crippen LogP contribution < -0.4 is 4.74 Å².